The topological polar surface area (TPSA) is 198 Å². The molecule has 4 N–H and O–H groups in total. The monoisotopic (exact) mass is 1230 g/mol. The first-order valence-corrected chi connectivity index (χ1v) is 30.9. The van der Waals surface area contributed by atoms with E-state index in [-0.39, 0.29) is 73.3 Å². The third kappa shape index (κ3) is 17.9. The highest BCUT2D eigenvalue weighted by molar-refractivity contribution is 8.76. The molecule has 0 aliphatic carbocycles. The Morgan fingerprint density at radius 1 is 0.512 bits per heavy atom. The largest absolute Gasteiger partial charge is 0.465 e. The Kier molecular flexibility index (Phi) is 22.8. The minimum absolute atomic E-state index is 0.0971. The molecule has 2 heterocycles. The minimum Gasteiger partial charge on any atom is -0.465 e. The fraction of sp³-hybridized carbons (Fsp3) is 0.469. The maximum atomic E-state index is 15.6. The SMILES string of the molecule is CC(C)(C)C(c1nc(-c2cc(F)ccc2F)cn1Cc1ccccc1)N(CC(CSSCC(CN(C(=O)CO)C(c1nc(-c2cc(F)ccc2F)cn1Cc1ccccc1)C(C)(C)C)CN(C(=O)O)C(C)(C)C)CN(C(=O)O)C(C)(C)C)C(=O)CO. The first-order valence-electron chi connectivity index (χ1n) is 28.4. The number of aliphatic hydroxyl groups excluding tert-OH is 2. The summed E-state index contributed by atoms with van der Waals surface area (Å²) in [7, 11) is 2.68. The van der Waals surface area contributed by atoms with Crippen LogP contribution in [-0.2, 0) is 22.7 Å². The third-order valence-corrected chi connectivity index (χ3v) is 17.3. The van der Waals surface area contributed by atoms with Crippen LogP contribution in [0.3, 0.4) is 0 Å². The zero-order valence-electron chi connectivity index (χ0n) is 51.1. The number of benzene rings is 4. The predicted molar refractivity (Wildman–Crippen MR) is 329 cm³/mol. The van der Waals surface area contributed by atoms with Crippen LogP contribution in [0.15, 0.2) is 109 Å². The van der Waals surface area contributed by atoms with Gasteiger partial charge in [0.1, 0.15) is 48.1 Å². The second-order valence-electron chi connectivity index (χ2n) is 25.8. The summed E-state index contributed by atoms with van der Waals surface area (Å²) in [4.78, 5) is 70.7. The molecule has 22 heteroatoms. The van der Waals surface area contributed by atoms with Crippen molar-refractivity contribution in [1.82, 2.24) is 38.7 Å². The summed E-state index contributed by atoms with van der Waals surface area (Å²) in [5.41, 5.74) is -1.92. The van der Waals surface area contributed by atoms with Gasteiger partial charge in [-0.3, -0.25) is 9.59 Å². The number of nitrogens with zero attached hydrogens (tertiary/aromatic N) is 8. The molecule has 6 rings (SSSR count). The number of rotatable bonds is 25. The van der Waals surface area contributed by atoms with Crippen LogP contribution in [0.5, 0.6) is 0 Å². The number of carbonyl (C=O) groups is 4. The molecule has 0 aliphatic rings. The Balaban J connectivity index is 1.42. The van der Waals surface area contributed by atoms with Crippen LogP contribution in [0.4, 0.5) is 27.2 Å². The summed E-state index contributed by atoms with van der Waals surface area (Å²) in [5.74, 6) is -4.58. The van der Waals surface area contributed by atoms with E-state index in [2.05, 4.69) is 0 Å². The molecule has 2 aromatic heterocycles. The van der Waals surface area contributed by atoms with Crippen LogP contribution < -0.4 is 0 Å². The first kappa shape index (κ1) is 68.2. The molecule has 0 bridgehead atoms. The molecular formula is C64H82F4N8O8S2. The lowest BCUT2D eigenvalue weighted by Crippen LogP contribution is -2.52. The Labute approximate surface area is 510 Å². The Hall–Kier alpha value is -6.88. The molecule has 4 unspecified atom stereocenters. The lowest BCUT2D eigenvalue weighted by atomic mass is 9.84. The number of hydrogen-bond acceptors (Lipinski definition) is 10. The molecule has 0 spiro atoms. The molecule has 0 saturated carbocycles. The molecule has 4 aromatic carbocycles. The number of halogens is 4. The summed E-state index contributed by atoms with van der Waals surface area (Å²) in [6.45, 7) is 19.9. The van der Waals surface area contributed by atoms with E-state index in [1.165, 1.54) is 41.2 Å². The fourth-order valence-corrected chi connectivity index (χ4v) is 13.3. The zero-order valence-corrected chi connectivity index (χ0v) is 52.7. The standard InChI is InChI=1S/C64H82F4N8O8S2/c1-61(2,3)55(57-69-51(47-27-45(65)23-25-49(47)67)35-71(57)29-41-19-15-13-16-20-41)73(53(79)37-77)31-43(33-75(59(81)82)63(7,8)9)39-85-86-40-44(34-76(60(83)84)64(10,11)12)32-74(54(80)38-78)56(62(4,5)6)58-70-52(48-28-46(66)24-26-50(48)68)36-72(58)30-42-21-17-14-18-22-42/h13-28,35-36,43-44,55-56,77-78H,29-34,37-40H2,1-12H3,(H,81,82)(H,83,84). The average Bonchev–Trinajstić information content (AvgIpc) is 1.91. The average molecular weight is 1230 g/mol. The van der Waals surface area contributed by atoms with Crippen LogP contribution in [0.1, 0.15) is 118 Å². The van der Waals surface area contributed by atoms with Crippen molar-refractivity contribution >= 4 is 45.6 Å². The van der Waals surface area contributed by atoms with Crippen molar-refractivity contribution in [2.75, 3.05) is 50.9 Å². The summed E-state index contributed by atoms with van der Waals surface area (Å²) >= 11 is 0. The number of aliphatic hydroxyl groups is 2. The van der Waals surface area contributed by atoms with E-state index < -0.39 is 106 Å². The highest BCUT2D eigenvalue weighted by Gasteiger charge is 2.43. The van der Waals surface area contributed by atoms with Crippen LogP contribution in [0.25, 0.3) is 22.5 Å². The van der Waals surface area contributed by atoms with Gasteiger partial charge in [-0.2, -0.15) is 0 Å². The molecule has 466 valence electrons. The maximum absolute atomic E-state index is 15.6. The van der Waals surface area contributed by atoms with E-state index in [4.69, 9.17) is 9.97 Å². The number of carboxylic acid groups (broad SMARTS) is 2. The molecule has 86 heavy (non-hydrogen) atoms. The molecule has 0 radical (unpaired) electrons. The number of amides is 4. The summed E-state index contributed by atoms with van der Waals surface area (Å²) in [6, 6.07) is 22.9. The Bertz CT molecular complexity index is 3050. The maximum Gasteiger partial charge on any atom is 0.407 e. The molecule has 0 aliphatic heterocycles. The van der Waals surface area contributed by atoms with Gasteiger partial charge < -0.3 is 49.2 Å². The molecule has 0 saturated heterocycles. The van der Waals surface area contributed by atoms with E-state index in [1.54, 1.807) is 63.1 Å². The minimum atomic E-state index is -1.22. The van der Waals surface area contributed by atoms with Crippen LogP contribution >= 0.6 is 21.6 Å². The smallest absolute Gasteiger partial charge is 0.407 e. The van der Waals surface area contributed by atoms with E-state index in [9.17, 15) is 48.4 Å². The molecule has 16 nitrogen and oxygen atoms in total. The molecular weight excluding hydrogens is 1150 g/mol. The highest BCUT2D eigenvalue weighted by atomic mass is 33.1. The molecule has 4 atom stereocenters. The highest BCUT2D eigenvalue weighted by Crippen LogP contribution is 2.43. The fourth-order valence-electron chi connectivity index (χ4n) is 10.6. The summed E-state index contributed by atoms with van der Waals surface area (Å²) in [5, 5.41) is 43.0. The number of imidazole rings is 2. The van der Waals surface area contributed by atoms with Gasteiger partial charge in [-0.1, -0.05) is 124 Å². The summed E-state index contributed by atoms with van der Waals surface area (Å²) < 4.78 is 64.3. The normalized spacial score (nSPS) is 13.7. The summed E-state index contributed by atoms with van der Waals surface area (Å²) in [6.07, 6.45) is 0.758. The van der Waals surface area contributed by atoms with Crippen molar-refractivity contribution in [1.29, 1.82) is 0 Å². The quantitative estimate of drug-likeness (QED) is 0.0241. The second kappa shape index (κ2) is 28.8. The van der Waals surface area contributed by atoms with Crippen LogP contribution in [0.2, 0.25) is 0 Å². The Morgan fingerprint density at radius 2 is 0.849 bits per heavy atom. The van der Waals surface area contributed by atoms with Gasteiger partial charge in [0, 0.05) is 97.2 Å². The van der Waals surface area contributed by atoms with Crippen molar-refractivity contribution in [2.24, 2.45) is 22.7 Å². The first-order chi connectivity index (χ1) is 40.2. The van der Waals surface area contributed by atoms with E-state index >= 15 is 8.78 Å². The van der Waals surface area contributed by atoms with E-state index in [0.717, 1.165) is 47.5 Å². The van der Waals surface area contributed by atoms with Gasteiger partial charge in [-0.15, -0.1) is 0 Å². The third-order valence-electron chi connectivity index (χ3n) is 14.6. The van der Waals surface area contributed by atoms with Gasteiger partial charge in [0.05, 0.1) is 23.5 Å². The number of hydrogen-bond donors (Lipinski definition) is 4. The Morgan fingerprint density at radius 3 is 1.14 bits per heavy atom. The van der Waals surface area contributed by atoms with Crippen molar-refractivity contribution in [3.05, 3.63) is 156 Å². The number of aromatic nitrogens is 4. The zero-order chi connectivity index (χ0) is 63.6. The molecule has 6 aromatic rings. The van der Waals surface area contributed by atoms with Gasteiger partial charge >= 0.3 is 12.2 Å². The van der Waals surface area contributed by atoms with Crippen molar-refractivity contribution in [3.63, 3.8) is 0 Å². The van der Waals surface area contributed by atoms with Gasteiger partial charge in [0.25, 0.3) is 0 Å². The van der Waals surface area contributed by atoms with Gasteiger partial charge in [0.2, 0.25) is 11.8 Å². The molecule has 4 amide bonds. The van der Waals surface area contributed by atoms with Crippen molar-refractivity contribution in [3.8, 4) is 22.5 Å². The van der Waals surface area contributed by atoms with Crippen molar-refractivity contribution < 1.29 is 57.2 Å². The van der Waals surface area contributed by atoms with E-state index in [0.29, 0.717) is 11.6 Å². The lowest BCUT2D eigenvalue weighted by molar-refractivity contribution is -0.141. The van der Waals surface area contributed by atoms with Crippen LogP contribution in [-0.4, -0.2) is 145 Å². The van der Waals surface area contributed by atoms with Gasteiger partial charge in [0.15, 0.2) is 0 Å². The molecule has 0 fully saturated rings. The number of carbonyl (C=O) groups excluding carboxylic acids is 2. The van der Waals surface area contributed by atoms with E-state index in [1.807, 2.05) is 102 Å². The predicted octanol–water partition coefficient (Wildman–Crippen LogP) is 12.8. The lowest BCUT2D eigenvalue weighted by Gasteiger charge is -2.43. The van der Waals surface area contributed by atoms with Gasteiger partial charge in [-0.05, 0) is 99.9 Å². The van der Waals surface area contributed by atoms with Gasteiger partial charge in [-0.25, -0.2) is 37.1 Å². The van der Waals surface area contributed by atoms with Crippen molar-refractivity contribution in [2.45, 2.75) is 119 Å². The second-order valence-corrected chi connectivity index (χ2v) is 28.4. The van der Waals surface area contributed by atoms with Crippen LogP contribution in [0, 0.1) is 45.9 Å².